The molecule has 1 unspecified atom stereocenters. The number of carbonyl (C=O) groups is 1. The van der Waals surface area contributed by atoms with Crippen LogP contribution in [-0.2, 0) is 4.79 Å². The highest BCUT2D eigenvalue weighted by Gasteiger charge is 2.17. The van der Waals surface area contributed by atoms with Crippen molar-refractivity contribution in [3.8, 4) is 0 Å². The normalized spacial score (nSPS) is 20.1. The first-order valence-electron chi connectivity index (χ1n) is 5.44. The summed E-state index contributed by atoms with van der Waals surface area (Å²) in [5.41, 5.74) is 1.96. The standard InChI is InChI=1S/C11H16N4O/c1-12-9-4-10(6-13-5-9)15-8-2-3-11(16)14-7-8/h4-6,8,12,15H,2-3,7H2,1H3,(H,14,16). The Morgan fingerprint density at radius 3 is 2.94 bits per heavy atom. The van der Waals surface area contributed by atoms with Gasteiger partial charge < -0.3 is 16.0 Å². The van der Waals surface area contributed by atoms with Gasteiger partial charge in [0.1, 0.15) is 0 Å². The molecule has 1 atom stereocenters. The average molecular weight is 220 g/mol. The Bertz CT molecular complexity index is 370. The lowest BCUT2D eigenvalue weighted by Crippen LogP contribution is -2.41. The molecule has 16 heavy (non-hydrogen) atoms. The van der Waals surface area contributed by atoms with Gasteiger partial charge in [0.05, 0.1) is 23.8 Å². The van der Waals surface area contributed by atoms with Crippen molar-refractivity contribution in [1.29, 1.82) is 0 Å². The predicted octanol–water partition coefficient (Wildman–Crippen LogP) is 0.814. The van der Waals surface area contributed by atoms with Gasteiger partial charge in [-0.3, -0.25) is 9.78 Å². The van der Waals surface area contributed by atoms with Gasteiger partial charge in [0, 0.05) is 26.1 Å². The Kier molecular flexibility index (Phi) is 3.24. The average Bonchev–Trinajstić information content (AvgIpc) is 2.32. The SMILES string of the molecule is CNc1cncc(NC2CCC(=O)NC2)c1. The molecule has 2 rings (SSSR count). The number of nitrogens with zero attached hydrogens (tertiary/aromatic N) is 1. The summed E-state index contributed by atoms with van der Waals surface area (Å²) in [6.45, 7) is 0.683. The number of amides is 1. The Morgan fingerprint density at radius 1 is 1.44 bits per heavy atom. The van der Waals surface area contributed by atoms with Crippen molar-refractivity contribution in [1.82, 2.24) is 10.3 Å². The molecular formula is C11H16N4O. The maximum atomic E-state index is 11.0. The van der Waals surface area contributed by atoms with Crippen LogP contribution in [0.5, 0.6) is 0 Å². The third-order valence-electron chi connectivity index (χ3n) is 2.66. The zero-order valence-electron chi connectivity index (χ0n) is 9.29. The summed E-state index contributed by atoms with van der Waals surface area (Å²) in [5, 5.41) is 9.24. The first kappa shape index (κ1) is 10.7. The van der Waals surface area contributed by atoms with E-state index in [1.165, 1.54) is 0 Å². The minimum Gasteiger partial charge on any atom is -0.387 e. The van der Waals surface area contributed by atoms with Gasteiger partial charge in [-0.05, 0) is 12.5 Å². The monoisotopic (exact) mass is 220 g/mol. The summed E-state index contributed by atoms with van der Waals surface area (Å²) >= 11 is 0. The largest absolute Gasteiger partial charge is 0.387 e. The van der Waals surface area contributed by atoms with Crippen LogP contribution < -0.4 is 16.0 Å². The van der Waals surface area contributed by atoms with Gasteiger partial charge in [0.2, 0.25) is 5.91 Å². The first-order chi connectivity index (χ1) is 7.78. The molecule has 0 saturated carbocycles. The van der Waals surface area contributed by atoms with Crippen LogP contribution in [0.15, 0.2) is 18.5 Å². The molecule has 3 N–H and O–H groups in total. The number of hydrogen-bond donors (Lipinski definition) is 3. The van der Waals surface area contributed by atoms with Crippen LogP contribution >= 0.6 is 0 Å². The third kappa shape index (κ3) is 2.62. The molecular weight excluding hydrogens is 204 g/mol. The zero-order chi connectivity index (χ0) is 11.4. The number of anilines is 2. The van der Waals surface area contributed by atoms with Crippen molar-refractivity contribution < 1.29 is 4.79 Å². The lowest BCUT2D eigenvalue weighted by Gasteiger charge is -2.24. The third-order valence-corrected chi connectivity index (χ3v) is 2.66. The first-order valence-corrected chi connectivity index (χ1v) is 5.44. The van der Waals surface area contributed by atoms with Crippen LogP contribution in [0.3, 0.4) is 0 Å². The number of aromatic nitrogens is 1. The second-order valence-corrected chi connectivity index (χ2v) is 3.90. The minimum absolute atomic E-state index is 0.139. The van der Waals surface area contributed by atoms with Gasteiger partial charge in [0.15, 0.2) is 0 Å². The summed E-state index contributed by atoms with van der Waals surface area (Å²) in [7, 11) is 1.86. The van der Waals surface area contributed by atoms with Gasteiger partial charge in [-0.2, -0.15) is 0 Å². The number of pyridine rings is 1. The second-order valence-electron chi connectivity index (χ2n) is 3.90. The maximum absolute atomic E-state index is 11.0. The van der Waals surface area contributed by atoms with Gasteiger partial charge in [-0.15, -0.1) is 0 Å². The van der Waals surface area contributed by atoms with Crippen molar-refractivity contribution in [3.63, 3.8) is 0 Å². The van der Waals surface area contributed by atoms with Crippen molar-refractivity contribution in [2.24, 2.45) is 0 Å². The van der Waals surface area contributed by atoms with E-state index in [4.69, 9.17) is 0 Å². The van der Waals surface area contributed by atoms with Crippen LogP contribution in [0.4, 0.5) is 11.4 Å². The van der Waals surface area contributed by atoms with Crippen LogP contribution in [0.2, 0.25) is 0 Å². The quantitative estimate of drug-likeness (QED) is 0.705. The van der Waals surface area contributed by atoms with Gasteiger partial charge >= 0.3 is 0 Å². The maximum Gasteiger partial charge on any atom is 0.220 e. The van der Waals surface area contributed by atoms with Crippen LogP contribution in [0.1, 0.15) is 12.8 Å². The van der Waals surface area contributed by atoms with E-state index < -0.39 is 0 Å². The molecule has 1 saturated heterocycles. The molecule has 1 aromatic rings. The van der Waals surface area contributed by atoms with Crippen molar-refractivity contribution in [2.75, 3.05) is 24.2 Å². The van der Waals surface area contributed by atoms with Crippen molar-refractivity contribution in [2.45, 2.75) is 18.9 Å². The zero-order valence-corrected chi connectivity index (χ0v) is 9.29. The molecule has 0 aromatic carbocycles. The fourth-order valence-electron chi connectivity index (χ4n) is 1.75. The summed E-state index contributed by atoms with van der Waals surface area (Å²) in [4.78, 5) is 15.1. The molecule has 1 amide bonds. The fraction of sp³-hybridized carbons (Fsp3) is 0.455. The molecule has 1 aliphatic rings. The Balaban J connectivity index is 1.95. The predicted molar refractivity (Wildman–Crippen MR) is 63.4 cm³/mol. The molecule has 0 aliphatic carbocycles. The Hall–Kier alpha value is -1.78. The molecule has 0 radical (unpaired) electrons. The number of nitrogens with one attached hydrogen (secondary N) is 3. The van der Waals surface area contributed by atoms with E-state index in [0.29, 0.717) is 19.0 Å². The number of carbonyl (C=O) groups excluding carboxylic acids is 1. The van der Waals surface area contributed by atoms with E-state index in [0.717, 1.165) is 17.8 Å². The molecule has 1 aromatic heterocycles. The van der Waals surface area contributed by atoms with E-state index in [9.17, 15) is 4.79 Å². The van der Waals surface area contributed by atoms with Crippen molar-refractivity contribution in [3.05, 3.63) is 18.5 Å². The van der Waals surface area contributed by atoms with E-state index in [-0.39, 0.29) is 5.91 Å². The summed E-state index contributed by atoms with van der Waals surface area (Å²) in [5.74, 6) is 0.139. The van der Waals surface area contributed by atoms with Crippen molar-refractivity contribution >= 4 is 17.3 Å². The van der Waals surface area contributed by atoms with Crippen LogP contribution in [-0.4, -0.2) is 30.5 Å². The summed E-state index contributed by atoms with van der Waals surface area (Å²) < 4.78 is 0. The highest BCUT2D eigenvalue weighted by Crippen LogP contribution is 2.15. The Morgan fingerprint density at radius 2 is 2.25 bits per heavy atom. The number of rotatable bonds is 3. The molecule has 0 spiro atoms. The van der Waals surface area contributed by atoms with Gasteiger partial charge in [-0.25, -0.2) is 0 Å². The second kappa shape index (κ2) is 4.83. The van der Waals surface area contributed by atoms with E-state index in [1.807, 2.05) is 13.1 Å². The number of piperidine rings is 1. The topological polar surface area (TPSA) is 66.0 Å². The molecule has 1 fully saturated rings. The van der Waals surface area contributed by atoms with Gasteiger partial charge in [0.25, 0.3) is 0 Å². The number of hydrogen-bond acceptors (Lipinski definition) is 4. The summed E-state index contributed by atoms with van der Waals surface area (Å²) in [6.07, 6.45) is 5.03. The molecule has 86 valence electrons. The van der Waals surface area contributed by atoms with Gasteiger partial charge in [-0.1, -0.05) is 0 Å². The fourth-order valence-corrected chi connectivity index (χ4v) is 1.75. The Labute approximate surface area is 94.6 Å². The lowest BCUT2D eigenvalue weighted by atomic mass is 10.1. The molecule has 0 bridgehead atoms. The highest BCUT2D eigenvalue weighted by molar-refractivity contribution is 5.77. The lowest BCUT2D eigenvalue weighted by molar-refractivity contribution is -0.122. The molecule has 2 heterocycles. The summed E-state index contributed by atoms with van der Waals surface area (Å²) in [6, 6.07) is 2.30. The molecule has 1 aliphatic heterocycles. The smallest absolute Gasteiger partial charge is 0.220 e. The van der Waals surface area contributed by atoms with E-state index >= 15 is 0 Å². The van der Waals surface area contributed by atoms with Crippen LogP contribution in [0, 0.1) is 0 Å². The molecule has 5 heteroatoms. The minimum atomic E-state index is 0.139. The van der Waals surface area contributed by atoms with Crippen LogP contribution in [0.25, 0.3) is 0 Å². The molecule has 5 nitrogen and oxygen atoms in total. The highest BCUT2D eigenvalue weighted by atomic mass is 16.1. The van der Waals surface area contributed by atoms with E-state index in [1.54, 1.807) is 12.4 Å². The van der Waals surface area contributed by atoms with E-state index in [2.05, 4.69) is 20.9 Å².